The zero-order chi connectivity index (χ0) is 26.2. The number of methoxy groups -OCH3 is 3. The molecule has 0 amide bonds. The van der Waals surface area contributed by atoms with Crippen LogP contribution in [0.15, 0.2) is 74.5 Å². The standard InChI is InChI=1S/C26H23N3O7S/c1-15-20-14-18(37(30,31)29-16-8-10-17(32-2)11-9-16)12-13-21(20)35-23(15)26-27-25(28-36-26)19-6-5-7-22(33-3)24(19)34-4/h5-14,29H,1-4H3. The Labute approximate surface area is 212 Å². The second-order valence-electron chi connectivity index (χ2n) is 8.01. The number of anilines is 1. The second kappa shape index (κ2) is 9.51. The molecule has 37 heavy (non-hydrogen) atoms. The van der Waals surface area contributed by atoms with E-state index >= 15 is 0 Å². The van der Waals surface area contributed by atoms with Crippen LogP contribution in [0.1, 0.15) is 5.56 Å². The zero-order valence-corrected chi connectivity index (χ0v) is 21.3. The number of nitrogens with zero attached hydrogens (tertiary/aromatic N) is 2. The van der Waals surface area contributed by atoms with Gasteiger partial charge in [0.05, 0.1) is 31.8 Å². The summed E-state index contributed by atoms with van der Waals surface area (Å²) in [6.07, 6.45) is 0. The minimum absolute atomic E-state index is 0.0820. The Morgan fingerprint density at radius 1 is 0.919 bits per heavy atom. The highest BCUT2D eigenvalue weighted by Gasteiger charge is 2.23. The lowest BCUT2D eigenvalue weighted by Gasteiger charge is -2.09. The number of hydrogen-bond donors (Lipinski definition) is 1. The van der Waals surface area contributed by atoms with E-state index in [0.717, 1.165) is 0 Å². The van der Waals surface area contributed by atoms with Crippen LogP contribution >= 0.6 is 0 Å². The summed E-state index contributed by atoms with van der Waals surface area (Å²) in [5, 5.41) is 4.68. The van der Waals surface area contributed by atoms with Crippen LogP contribution in [-0.4, -0.2) is 39.9 Å². The van der Waals surface area contributed by atoms with E-state index in [1.54, 1.807) is 75.7 Å². The van der Waals surface area contributed by atoms with E-state index in [2.05, 4.69) is 14.9 Å². The number of benzene rings is 3. The van der Waals surface area contributed by atoms with Gasteiger partial charge in [0, 0.05) is 16.6 Å². The van der Waals surface area contributed by atoms with Crippen LogP contribution in [0.4, 0.5) is 5.69 Å². The lowest BCUT2D eigenvalue weighted by atomic mass is 10.1. The summed E-state index contributed by atoms with van der Waals surface area (Å²) in [4.78, 5) is 4.57. The van der Waals surface area contributed by atoms with E-state index in [9.17, 15) is 8.42 Å². The molecule has 0 radical (unpaired) electrons. The average molecular weight is 522 g/mol. The predicted octanol–water partition coefficient (Wildman–Crippen LogP) is 5.28. The number of para-hydroxylation sites is 1. The molecule has 11 heteroatoms. The monoisotopic (exact) mass is 521 g/mol. The topological polar surface area (TPSA) is 126 Å². The quantitative estimate of drug-likeness (QED) is 0.290. The fraction of sp³-hybridized carbons (Fsp3) is 0.154. The van der Waals surface area contributed by atoms with Crippen LogP contribution in [0.2, 0.25) is 0 Å². The fourth-order valence-electron chi connectivity index (χ4n) is 3.93. The van der Waals surface area contributed by atoms with E-state index in [-0.39, 0.29) is 16.6 Å². The van der Waals surface area contributed by atoms with Crippen molar-refractivity contribution in [3.63, 3.8) is 0 Å². The minimum atomic E-state index is -3.85. The van der Waals surface area contributed by atoms with Crippen molar-refractivity contribution in [1.29, 1.82) is 0 Å². The van der Waals surface area contributed by atoms with Crippen LogP contribution in [0.5, 0.6) is 17.2 Å². The lowest BCUT2D eigenvalue weighted by Crippen LogP contribution is -2.12. The molecule has 0 aliphatic heterocycles. The molecular weight excluding hydrogens is 498 g/mol. The number of hydrogen-bond acceptors (Lipinski definition) is 9. The van der Waals surface area contributed by atoms with Crippen molar-refractivity contribution >= 4 is 26.7 Å². The molecule has 0 aliphatic rings. The highest BCUT2D eigenvalue weighted by Crippen LogP contribution is 2.39. The van der Waals surface area contributed by atoms with Gasteiger partial charge in [-0.25, -0.2) is 8.42 Å². The zero-order valence-electron chi connectivity index (χ0n) is 20.4. The summed E-state index contributed by atoms with van der Waals surface area (Å²) >= 11 is 0. The van der Waals surface area contributed by atoms with Crippen molar-refractivity contribution in [2.24, 2.45) is 0 Å². The van der Waals surface area contributed by atoms with Gasteiger partial charge in [-0.2, -0.15) is 4.98 Å². The normalized spacial score (nSPS) is 11.5. The molecule has 0 aliphatic carbocycles. The van der Waals surface area contributed by atoms with Gasteiger partial charge in [0.15, 0.2) is 17.3 Å². The number of furan rings is 1. The molecule has 5 rings (SSSR count). The highest BCUT2D eigenvalue weighted by molar-refractivity contribution is 7.92. The maximum atomic E-state index is 13.0. The molecule has 1 N–H and O–H groups in total. The number of aromatic nitrogens is 2. The van der Waals surface area contributed by atoms with Gasteiger partial charge in [0.2, 0.25) is 5.82 Å². The molecule has 0 saturated carbocycles. The molecule has 0 fully saturated rings. The number of aryl methyl sites for hydroxylation is 1. The first-order valence-electron chi connectivity index (χ1n) is 11.1. The van der Waals surface area contributed by atoms with Crippen molar-refractivity contribution in [2.45, 2.75) is 11.8 Å². The van der Waals surface area contributed by atoms with E-state index in [0.29, 0.717) is 50.8 Å². The summed E-state index contributed by atoms with van der Waals surface area (Å²) in [5.41, 5.74) is 2.14. The first kappa shape index (κ1) is 24.2. The van der Waals surface area contributed by atoms with Crippen LogP contribution in [0.25, 0.3) is 34.0 Å². The van der Waals surface area contributed by atoms with Gasteiger partial charge in [0.25, 0.3) is 15.9 Å². The SMILES string of the molecule is COc1ccc(NS(=O)(=O)c2ccc3oc(-c4nc(-c5cccc(OC)c5OC)no4)c(C)c3c2)cc1. The van der Waals surface area contributed by atoms with Crippen molar-refractivity contribution in [2.75, 3.05) is 26.1 Å². The van der Waals surface area contributed by atoms with E-state index < -0.39 is 10.0 Å². The Morgan fingerprint density at radius 3 is 2.41 bits per heavy atom. The summed E-state index contributed by atoms with van der Waals surface area (Å²) in [6, 6.07) is 16.6. The van der Waals surface area contributed by atoms with Crippen molar-refractivity contribution in [3.05, 3.63) is 66.2 Å². The van der Waals surface area contributed by atoms with Gasteiger partial charge < -0.3 is 23.2 Å². The molecule has 0 spiro atoms. The molecule has 0 unspecified atom stereocenters. The number of rotatable bonds is 8. The van der Waals surface area contributed by atoms with E-state index in [1.807, 2.05) is 0 Å². The molecule has 2 aromatic heterocycles. The fourth-order valence-corrected chi connectivity index (χ4v) is 5.02. The summed E-state index contributed by atoms with van der Waals surface area (Å²) < 4.78 is 56.0. The lowest BCUT2D eigenvalue weighted by molar-refractivity contribution is 0.355. The molecule has 0 bridgehead atoms. The molecule has 2 heterocycles. The smallest absolute Gasteiger partial charge is 0.294 e. The molecule has 0 atom stereocenters. The van der Waals surface area contributed by atoms with Crippen molar-refractivity contribution < 1.29 is 31.6 Å². The van der Waals surface area contributed by atoms with Crippen LogP contribution < -0.4 is 18.9 Å². The maximum Gasteiger partial charge on any atom is 0.294 e. The van der Waals surface area contributed by atoms with Gasteiger partial charge in [-0.1, -0.05) is 11.2 Å². The number of sulfonamides is 1. The van der Waals surface area contributed by atoms with Gasteiger partial charge >= 0.3 is 0 Å². The maximum absolute atomic E-state index is 13.0. The third-order valence-corrected chi connectivity index (χ3v) is 7.20. The predicted molar refractivity (Wildman–Crippen MR) is 137 cm³/mol. The Hall–Kier alpha value is -4.51. The van der Waals surface area contributed by atoms with Crippen molar-refractivity contribution in [1.82, 2.24) is 10.1 Å². The van der Waals surface area contributed by atoms with Crippen LogP contribution in [-0.2, 0) is 10.0 Å². The molecule has 3 aromatic carbocycles. The highest BCUT2D eigenvalue weighted by atomic mass is 32.2. The van der Waals surface area contributed by atoms with Gasteiger partial charge in [0.1, 0.15) is 11.3 Å². The van der Waals surface area contributed by atoms with Gasteiger partial charge in [-0.3, -0.25) is 4.72 Å². The first-order chi connectivity index (χ1) is 17.8. The Balaban J connectivity index is 1.48. The molecule has 0 saturated heterocycles. The third kappa shape index (κ3) is 4.45. The average Bonchev–Trinajstić information content (AvgIpc) is 3.53. The molecule has 190 valence electrons. The first-order valence-corrected chi connectivity index (χ1v) is 12.6. The summed E-state index contributed by atoms with van der Waals surface area (Å²) in [7, 11) is 0.762. The van der Waals surface area contributed by atoms with Gasteiger partial charge in [-0.15, -0.1) is 0 Å². The number of ether oxygens (including phenoxy) is 3. The Kier molecular flexibility index (Phi) is 6.22. The Morgan fingerprint density at radius 2 is 1.70 bits per heavy atom. The van der Waals surface area contributed by atoms with Crippen LogP contribution in [0, 0.1) is 6.92 Å². The largest absolute Gasteiger partial charge is 0.497 e. The van der Waals surface area contributed by atoms with Crippen molar-refractivity contribution in [3.8, 4) is 40.3 Å². The second-order valence-corrected chi connectivity index (χ2v) is 9.69. The Bertz CT molecular complexity index is 1690. The third-order valence-electron chi connectivity index (χ3n) is 5.82. The van der Waals surface area contributed by atoms with E-state index in [4.69, 9.17) is 23.2 Å². The minimum Gasteiger partial charge on any atom is -0.497 e. The number of nitrogens with one attached hydrogen (secondary N) is 1. The van der Waals surface area contributed by atoms with Gasteiger partial charge in [-0.05, 0) is 61.5 Å². The molecule has 10 nitrogen and oxygen atoms in total. The molecular formula is C26H23N3O7S. The van der Waals surface area contributed by atoms with Crippen LogP contribution in [0.3, 0.4) is 0 Å². The molecule has 5 aromatic rings. The summed E-state index contributed by atoms with van der Waals surface area (Å²) in [5.74, 6) is 2.40. The number of fused-ring (bicyclic) bond motifs is 1. The summed E-state index contributed by atoms with van der Waals surface area (Å²) in [6.45, 7) is 1.80. The van der Waals surface area contributed by atoms with E-state index in [1.165, 1.54) is 13.2 Å².